The fourth-order valence-electron chi connectivity index (χ4n) is 1.90. The lowest BCUT2D eigenvalue weighted by atomic mass is 10.2. The van der Waals surface area contributed by atoms with Crippen molar-refractivity contribution in [1.82, 2.24) is 18.8 Å². The molecule has 1 unspecified atom stereocenters. The lowest BCUT2D eigenvalue weighted by molar-refractivity contribution is -0.133. The zero-order chi connectivity index (χ0) is 14.8. The number of hydrogen-bond donors (Lipinski definition) is 1. The Bertz CT molecular complexity index is 422. The summed E-state index contributed by atoms with van der Waals surface area (Å²) in [4.78, 5) is 13.5. The molecular weight excluding hydrogens is 268 g/mol. The van der Waals surface area contributed by atoms with Crippen LogP contribution < -0.4 is 5.32 Å². The lowest BCUT2D eigenvalue weighted by Gasteiger charge is -2.38. The Morgan fingerprint density at radius 1 is 1.32 bits per heavy atom. The molecule has 0 bridgehead atoms. The topological polar surface area (TPSA) is 73.0 Å². The van der Waals surface area contributed by atoms with Crippen LogP contribution in [-0.4, -0.2) is 80.7 Å². The molecule has 1 N–H and O–H groups in total. The van der Waals surface area contributed by atoms with Crippen molar-refractivity contribution in [3.05, 3.63) is 0 Å². The van der Waals surface area contributed by atoms with Crippen LogP contribution in [-0.2, 0) is 15.0 Å². The zero-order valence-corrected chi connectivity index (χ0v) is 13.1. The molecule has 1 saturated heterocycles. The highest BCUT2D eigenvalue weighted by Gasteiger charge is 2.39. The van der Waals surface area contributed by atoms with E-state index in [-0.39, 0.29) is 11.9 Å². The molecule has 1 amide bonds. The van der Waals surface area contributed by atoms with Crippen LogP contribution in [0.25, 0.3) is 0 Å². The van der Waals surface area contributed by atoms with Crippen LogP contribution in [0.1, 0.15) is 13.8 Å². The molecule has 112 valence electrons. The molecule has 0 radical (unpaired) electrons. The van der Waals surface area contributed by atoms with Gasteiger partial charge < -0.3 is 10.2 Å². The maximum Gasteiger partial charge on any atom is 0.282 e. The summed E-state index contributed by atoms with van der Waals surface area (Å²) in [5, 5.41) is 3.07. The number of piperazine rings is 1. The molecular formula is C11H24N4O3S. The van der Waals surface area contributed by atoms with Gasteiger partial charge in [0.2, 0.25) is 5.91 Å². The number of likely N-dealkylation sites (N-methyl/N-ethyl adjacent to an activating group) is 1. The van der Waals surface area contributed by atoms with E-state index in [1.165, 1.54) is 13.5 Å². The third-order valence-corrected chi connectivity index (χ3v) is 5.49. The van der Waals surface area contributed by atoms with Crippen LogP contribution >= 0.6 is 0 Å². The first-order valence-corrected chi connectivity index (χ1v) is 7.76. The molecule has 0 aliphatic carbocycles. The Balaban J connectivity index is 3.03. The van der Waals surface area contributed by atoms with Gasteiger partial charge in [0.05, 0.1) is 0 Å². The van der Waals surface area contributed by atoms with Gasteiger partial charge in [0.25, 0.3) is 10.2 Å². The number of amides is 1. The number of nitrogens with one attached hydrogen (secondary N) is 1. The van der Waals surface area contributed by atoms with Crippen molar-refractivity contribution < 1.29 is 13.2 Å². The summed E-state index contributed by atoms with van der Waals surface area (Å²) >= 11 is 0. The minimum Gasteiger partial charge on any atom is -0.347 e. The van der Waals surface area contributed by atoms with Gasteiger partial charge in [-0.25, -0.2) is 0 Å². The Labute approximate surface area is 115 Å². The van der Waals surface area contributed by atoms with Crippen LogP contribution in [0.3, 0.4) is 0 Å². The predicted octanol–water partition coefficient (Wildman–Crippen LogP) is -1.07. The van der Waals surface area contributed by atoms with E-state index in [1.807, 2.05) is 13.8 Å². The number of rotatable bonds is 4. The highest BCUT2D eigenvalue weighted by atomic mass is 32.2. The maximum absolute atomic E-state index is 12.5. The van der Waals surface area contributed by atoms with E-state index in [0.717, 1.165) is 0 Å². The molecule has 1 fully saturated rings. The van der Waals surface area contributed by atoms with Gasteiger partial charge in [0.1, 0.15) is 6.04 Å². The summed E-state index contributed by atoms with van der Waals surface area (Å²) in [5.41, 5.74) is 0. The van der Waals surface area contributed by atoms with Crippen molar-refractivity contribution in [3.63, 3.8) is 0 Å². The average molecular weight is 292 g/mol. The Morgan fingerprint density at radius 2 is 1.89 bits per heavy atom. The SMILES string of the molecule is CC(C)N(C)S(=O)(=O)N1CCNCC1C(=O)N(C)C. The van der Waals surface area contributed by atoms with Gasteiger partial charge in [0.15, 0.2) is 0 Å². The third-order valence-electron chi connectivity index (χ3n) is 3.31. The number of carbonyl (C=O) groups is 1. The van der Waals surface area contributed by atoms with Crippen LogP contribution in [0.15, 0.2) is 0 Å². The summed E-state index contributed by atoms with van der Waals surface area (Å²) in [6.07, 6.45) is 0. The number of nitrogens with zero attached hydrogens (tertiary/aromatic N) is 3. The molecule has 1 rings (SSSR count). The van der Waals surface area contributed by atoms with Crippen LogP contribution in [0.4, 0.5) is 0 Å². The smallest absolute Gasteiger partial charge is 0.282 e. The number of hydrogen-bond acceptors (Lipinski definition) is 4. The molecule has 7 nitrogen and oxygen atoms in total. The first kappa shape index (κ1) is 16.4. The molecule has 0 aromatic heterocycles. The largest absolute Gasteiger partial charge is 0.347 e. The monoisotopic (exact) mass is 292 g/mol. The van der Waals surface area contributed by atoms with Gasteiger partial charge in [-0.15, -0.1) is 0 Å². The number of carbonyl (C=O) groups excluding carboxylic acids is 1. The second-order valence-corrected chi connectivity index (χ2v) is 7.12. The van der Waals surface area contributed by atoms with Crippen LogP contribution in [0.2, 0.25) is 0 Å². The Kier molecular flexibility index (Phi) is 5.31. The minimum atomic E-state index is -3.61. The van der Waals surface area contributed by atoms with Crippen molar-refractivity contribution in [2.75, 3.05) is 40.8 Å². The molecule has 0 saturated carbocycles. The molecule has 1 aliphatic heterocycles. The first-order valence-electron chi connectivity index (χ1n) is 6.36. The fraction of sp³-hybridized carbons (Fsp3) is 0.909. The van der Waals surface area contributed by atoms with E-state index in [0.29, 0.717) is 19.6 Å². The van der Waals surface area contributed by atoms with Crippen molar-refractivity contribution in [2.24, 2.45) is 0 Å². The quantitative estimate of drug-likeness (QED) is 0.716. The second kappa shape index (κ2) is 6.17. The van der Waals surface area contributed by atoms with E-state index in [1.54, 1.807) is 21.1 Å². The van der Waals surface area contributed by atoms with Crippen LogP contribution in [0.5, 0.6) is 0 Å². The zero-order valence-electron chi connectivity index (χ0n) is 12.3. The Morgan fingerprint density at radius 3 is 2.37 bits per heavy atom. The van der Waals surface area contributed by atoms with Crippen molar-refractivity contribution in [1.29, 1.82) is 0 Å². The molecule has 0 spiro atoms. The van der Waals surface area contributed by atoms with Crippen molar-refractivity contribution in [2.45, 2.75) is 25.9 Å². The summed E-state index contributed by atoms with van der Waals surface area (Å²) in [5.74, 6) is -0.201. The highest BCUT2D eigenvalue weighted by Crippen LogP contribution is 2.16. The summed E-state index contributed by atoms with van der Waals surface area (Å²) in [7, 11) is 1.20. The van der Waals surface area contributed by atoms with Gasteiger partial charge in [-0.1, -0.05) is 0 Å². The average Bonchev–Trinajstić information content (AvgIpc) is 2.36. The molecule has 8 heteroatoms. The van der Waals surface area contributed by atoms with Gasteiger partial charge in [-0.05, 0) is 13.8 Å². The van der Waals surface area contributed by atoms with E-state index < -0.39 is 16.3 Å². The normalized spacial score (nSPS) is 21.9. The second-order valence-electron chi connectivity index (χ2n) is 5.18. The third kappa shape index (κ3) is 3.44. The van der Waals surface area contributed by atoms with E-state index >= 15 is 0 Å². The minimum absolute atomic E-state index is 0.144. The molecule has 1 aliphatic rings. The maximum atomic E-state index is 12.5. The van der Waals surface area contributed by atoms with E-state index in [9.17, 15) is 13.2 Å². The Hall–Kier alpha value is -0.700. The van der Waals surface area contributed by atoms with E-state index in [2.05, 4.69) is 5.32 Å². The molecule has 1 heterocycles. The molecule has 0 aromatic carbocycles. The standard InChI is InChI=1S/C11H24N4O3S/c1-9(2)14(5)19(17,18)15-7-6-12-8-10(15)11(16)13(3)4/h9-10,12H,6-8H2,1-5H3. The molecule has 0 aromatic rings. The molecule has 1 atom stereocenters. The first-order chi connectivity index (χ1) is 8.69. The van der Waals surface area contributed by atoms with Gasteiger partial charge in [0, 0.05) is 46.8 Å². The summed E-state index contributed by atoms with van der Waals surface area (Å²) < 4.78 is 27.6. The highest BCUT2D eigenvalue weighted by molar-refractivity contribution is 7.86. The lowest BCUT2D eigenvalue weighted by Crippen LogP contribution is -2.61. The predicted molar refractivity (Wildman–Crippen MR) is 73.9 cm³/mol. The van der Waals surface area contributed by atoms with E-state index in [4.69, 9.17) is 0 Å². The van der Waals surface area contributed by atoms with Gasteiger partial charge >= 0.3 is 0 Å². The van der Waals surface area contributed by atoms with Crippen molar-refractivity contribution >= 4 is 16.1 Å². The van der Waals surface area contributed by atoms with Gasteiger partial charge in [-0.3, -0.25) is 4.79 Å². The summed E-state index contributed by atoms with van der Waals surface area (Å²) in [6.45, 7) is 4.83. The van der Waals surface area contributed by atoms with Gasteiger partial charge in [-0.2, -0.15) is 17.0 Å². The van der Waals surface area contributed by atoms with Crippen LogP contribution in [0, 0.1) is 0 Å². The van der Waals surface area contributed by atoms with Crippen molar-refractivity contribution in [3.8, 4) is 0 Å². The summed E-state index contributed by atoms with van der Waals surface area (Å²) in [6, 6.07) is -0.815. The fourth-order valence-corrected chi connectivity index (χ4v) is 3.57. The molecule has 19 heavy (non-hydrogen) atoms.